The smallest absolute Gasteiger partial charge is 0.243 e. The standard InChI is InChI=1S/C17H17F3N2O2S/c1-12-10-13(18)2-5-17(12)25(23,24)22-8-6-21(7-9-22)14-3-4-15(19)16(20)11-14/h2-5,10-11H,6-9H2,1H3. The Kier molecular flexibility index (Phi) is 4.75. The van der Waals surface area contributed by atoms with Crippen LogP contribution in [0, 0.1) is 24.4 Å². The van der Waals surface area contributed by atoms with Crippen molar-refractivity contribution in [2.24, 2.45) is 0 Å². The first-order chi connectivity index (χ1) is 11.8. The van der Waals surface area contributed by atoms with Crippen LogP contribution in [0.4, 0.5) is 18.9 Å². The predicted octanol–water partition coefficient (Wildman–Crippen LogP) is 2.92. The molecule has 25 heavy (non-hydrogen) atoms. The summed E-state index contributed by atoms with van der Waals surface area (Å²) in [5, 5.41) is 0. The molecule has 0 bridgehead atoms. The molecule has 0 N–H and O–H groups in total. The first-order valence-corrected chi connectivity index (χ1v) is 9.19. The number of piperazine rings is 1. The average Bonchev–Trinajstić information content (AvgIpc) is 2.57. The minimum absolute atomic E-state index is 0.0789. The van der Waals surface area contributed by atoms with Crippen LogP contribution < -0.4 is 4.90 Å². The topological polar surface area (TPSA) is 40.6 Å². The molecule has 0 spiro atoms. The fourth-order valence-corrected chi connectivity index (χ4v) is 4.54. The Balaban J connectivity index is 1.76. The van der Waals surface area contributed by atoms with Crippen molar-refractivity contribution in [2.45, 2.75) is 11.8 Å². The number of hydrogen-bond acceptors (Lipinski definition) is 3. The van der Waals surface area contributed by atoms with Gasteiger partial charge in [0, 0.05) is 37.9 Å². The van der Waals surface area contributed by atoms with Crippen LogP contribution in [0.2, 0.25) is 0 Å². The van der Waals surface area contributed by atoms with E-state index >= 15 is 0 Å². The van der Waals surface area contributed by atoms with Crippen LogP contribution in [0.15, 0.2) is 41.3 Å². The highest BCUT2D eigenvalue weighted by Gasteiger charge is 2.30. The summed E-state index contributed by atoms with van der Waals surface area (Å²) in [6.45, 7) is 2.67. The maximum absolute atomic E-state index is 13.4. The Morgan fingerprint density at radius 1 is 0.880 bits per heavy atom. The first kappa shape index (κ1) is 17.8. The van der Waals surface area contributed by atoms with Gasteiger partial charge in [-0.1, -0.05) is 0 Å². The summed E-state index contributed by atoms with van der Waals surface area (Å²) >= 11 is 0. The van der Waals surface area contributed by atoms with E-state index in [1.165, 1.54) is 22.5 Å². The Bertz CT molecular complexity index is 895. The van der Waals surface area contributed by atoms with Crippen molar-refractivity contribution >= 4 is 15.7 Å². The van der Waals surface area contributed by atoms with Gasteiger partial charge in [0.05, 0.1) is 4.90 Å². The minimum Gasteiger partial charge on any atom is -0.369 e. The van der Waals surface area contributed by atoms with Crippen molar-refractivity contribution in [3.05, 3.63) is 59.4 Å². The largest absolute Gasteiger partial charge is 0.369 e. The van der Waals surface area contributed by atoms with Gasteiger partial charge in [-0.2, -0.15) is 4.31 Å². The fourth-order valence-electron chi connectivity index (χ4n) is 2.91. The number of hydrogen-bond donors (Lipinski definition) is 0. The fraction of sp³-hybridized carbons (Fsp3) is 0.294. The highest BCUT2D eigenvalue weighted by atomic mass is 32.2. The Morgan fingerprint density at radius 3 is 2.16 bits per heavy atom. The third-order valence-electron chi connectivity index (χ3n) is 4.26. The van der Waals surface area contributed by atoms with Crippen molar-refractivity contribution in [1.29, 1.82) is 0 Å². The van der Waals surface area contributed by atoms with E-state index in [0.29, 0.717) is 24.3 Å². The van der Waals surface area contributed by atoms with Crippen LogP contribution in [0.25, 0.3) is 0 Å². The van der Waals surface area contributed by atoms with Gasteiger partial charge in [-0.3, -0.25) is 0 Å². The first-order valence-electron chi connectivity index (χ1n) is 7.75. The second-order valence-electron chi connectivity index (χ2n) is 5.90. The van der Waals surface area contributed by atoms with Gasteiger partial charge in [0.1, 0.15) is 5.82 Å². The molecule has 1 saturated heterocycles. The maximum Gasteiger partial charge on any atom is 0.243 e. The number of aryl methyl sites for hydroxylation is 1. The third-order valence-corrected chi connectivity index (χ3v) is 6.32. The molecule has 3 rings (SSSR count). The molecule has 2 aromatic rings. The van der Waals surface area contributed by atoms with Gasteiger partial charge in [-0.15, -0.1) is 0 Å². The minimum atomic E-state index is -3.72. The van der Waals surface area contributed by atoms with Crippen LogP contribution >= 0.6 is 0 Å². The monoisotopic (exact) mass is 370 g/mol. The van der Waals surface area contributed by atoms with E-state index in [2.05, 4.69) is 0 Å². The number of halogens is 3. The second kappa shape index (κ2) is 6.68. The lowest BCUT2D eigenvalue weighted by molar-refractivity contribution is 0.384. The highest BCUT2D eigenvalue weighted by molar-refractivity contribution is 7.89. The maximum atomic E-state index is 13.4. The SMILES string of the molecule is Cc1cc(F)ccc1S(=O)(=O)N1CCN(c2ccc(F)c(F)c2)CC1. The summed E-state index contributed by atoms with van der Waals surface area (Å²) in [6, 6.07) is 7.19. The lowest BCUT2D eigenvalue weighted by Gasteiger charge is -2.35. The van der Waals surface area contributed by atoms with Gasteiger partial charge < -0.3 is 4.90 Å². The van der Waals surface area contributed by atoms with Crippen LogP contribution in [-0.2, 0) is 10.0 Å². The normalized spacial score (nSPS) is 16.2. The number of benzene rings is 2. The molecule has 2 aromatic carbocycles. The number of anilines is 1. The summed E-state index contributed by atoms with van der Waals surface area (Å²) in [7, 11) is -3.72. The van der Waals surface area contributed by atoms with E-state index in [9.17, 15) is 21.6 Å². The van der Waals surface area contributed by atoms with Crippen molar-refractivity contribution in [3.8, 4) is 0 Å². The molecule has 0 radical (unpaired) electrons. The number of nitrogens with zero attached hydrogens (tertiary/aromatic N) is 2. The summed E-state index contributed by atoms with van der Waals surface area (Å²) < 4.78 is 66.4. The van der Waals surface area contributed by atoms with Gasteiger partial charge in [-0.25, -0.2) is 21.6 Å². The zero-order valence-corrected chi connectivity index (χ0v) is 14.4. The van der Waals surface area contributed by atoms with Gasteiger partial charge in [0.15, 0.2) is 11.6 Å². The molecule has 1 aliphatic heterocycles. The number of rotatable bonds is 3. The summed E-state index contributed by atoms with van der Waals surface area (Å²) in [5.74, 6) is -2.34. The molecule has 0 atom stereocenters. The van der Waals surface area contributed by atoms with Crippen molar-refractivity contribution < 1.29 is 21.6 Å². The average molecular weight is 370 g/mol. The molecule has 8 heteroatoms. The Morgan fingerprint density at radius 2 is 1.56 bits per heavy atom. The number of sulfonamides is 1. The quantitative estimate of drug-likeness (QED) is 0.834. The Hall–Kier alpha value is -2.06. The van der Waals surface area contributed by atoms with E-state index in [4.69, 9.17) is 0 Å². The van der Waals surface area contributed by atoms with Crippen LogP contribution in [0.3, 0.4) is 0 Å². The van der Waals surface area contributed by atoms with Crippen LogP contribution in [0.5, 0.6) is 0 Å². The molecule has 134 valence electrons. The van der Waals surface area contributed by atoms with Gasteiger partial charge >= 0.3 is 0 Å². The lowest BCUT2D eigenvalue weighted by Crippen LogP contribution is -2.48. The molecule has 0 saturated carbocycles. The van der Waals surface area contributed by atoms with E-state index in [-0.39, 0.29) is 18.0 Å². The van der Waals surface area contributed by atoms with Crippen LogP contribution in [-0.4, -0.2) is 38.9 Å². The third kappa shape index (κ3) is 3.50. The Labute approximate surface area is 144 Å². The van der Waals surface area contributed by atoms with E-state index in [0.717, 1.165) is 18.2 Å². The lowest BCUT2D eigenvalue weighted by atomic mass is 10.2. The summed E-state index contributed by atoms with van der Waals surface area (Å²) in [5.41, 5.74) is 0.858. The molecule has 4 nitrogen and oxygen atoms in total. The molecule has 1 fully saturated rings. The molecular formula is C17H17F3N2O2S. The molecule has 1 heterocycles. The van der Waals surface area contributed by atoms with E-state index < -0.39 is 27.5 Å². The van der Waals surface area contributed by atoms with E-state index in [1.807, 2.05) is 0 Å². The molecule has 0 amide bonds. The van der Waals surface area contributed by atoms with Crippen molar-refractivity contribution in [2.75, 3.05) is 31.1 Å². The van der Waals surface area contributed by atoms with Gasteiger partial charge in [0.25, 0.3) is 0 Å². The van der Waals surface area contributed by atoms with Gasteiger partial charge in [-0.05, 0) is 42.8 Å². The highest BCUT2D eigenvalue weighted by Crippen LogP contribution is 2.24. The van der Waals surface area contributed by atoms with Crippen LogP contribution in [0.1, 0.15) is 5.56 Å². The molecule has 0 aliphatic carbocycles. The molecular weight excluding hydrogens is 353 g/mol. The molecule has 1 aliphatic rings. The summed E-state index contributed by atoms with van der Waals surface area (Å²) in [6.07, 6.45) is 0. The van der Waals surface area contributed by atoms with E-state index in [1.54, 1.807) is 11.8 Å². The second-order valence-corrected chi connectivity index (χ2v) is 7.81. The summed E-state index contributed by atoms with van der Waals surface area (Å²) in [4.78, 5) is 1.88. The molecule has 0 aromatic heterocycles. The van der Waals surface area contributed by atoms with Gasteiger partial charge in [0.2, 0.25) is 10.0 Å². The van der Waals surface area contributed by atoms with Crippen molar-refractivity contribution in [1.82, 2.24) is 4.31 Å². The zero-order chi connectivity index (χ0) is 18.2. The zero-order valence-electron chi connectivity index (χ0n) is 13.5. The predicted molar refractivity (Wildman–Crippen MR) is 88.5 cm³/mol. The molecule has 0 unspecified atom stereocenters. The van der Waals surface area contributed by atoms with Crippen molar-refractivity contribution in [3.63, 3.8) is 0 Å².